The zero-order chi connectivity index (χ0) is 19.6. The molecule has 27 heavy (non-hydrogen) atoms. The quantitative estimate of drug-likeness (QED) is 0.820. The lowest BCUT2D eigenvalue weighted by Crippen LogP contribution is -2.28. The topological polar surface area (TPSA) is 75.7 Å². The highest BCUT2D eigenvalue weighted by atomic mass is 32.2. The zero-order valence-electron chi connectivity index (χ0n) is 15.1. The average Bonchev–Trinajstić information content (AvgIpc) is 3.07. The maximum Gasteiger partial charge on any atom is 0.241 e. The third kappa shape index (κ3) is 4.12. The van der Waals surface area contributed by atoms with Gasteiger partial charge in [-0.3, -0.25) is 4.79 Å². The van der Waals surface area contributed by atoms with E-state index < -0.39 is 16.1 Å². The van der Waals surface area contributed by atoms with Gasteiger partial charge < -0.3 is 9.64 Å². The lowest BCUT2D eigenvalue weighted by Gasteiger charge is -2.21. The molecule has 6 nitrogen and oxygen atoms in total. The normalized spacial score (nSPS) is 15.8. The van der Waals surface area contributed by atoms with E-state index >= 15 is 0 Å². The summed E-state index contributed by atoms with van der Waals surface area (Å²) in [5, 5.41) is 0. The lowest BCUT2D eigenvalue weighted by atomic mass is 10.1. The molecule has 8 heteroatoms. The van der Waals surface area contributed by atoms with E-state index in [9.17, 15) is 17.6 Å². The second kappa shape index (κ2) is 7.66. The summed E-state index contributed by atoms with van der Waals surface area (Å²) in [6.07, 6.45) is 1.15. The molecular formula is C19H21FN2O4S. The van der Waals surface area contributed by atoms with Crippen molar-refractivity contribution in [1.29, 1.82) is 0 Å². The highest BCUT2D eigenvalue weighted by Gasteiger charge is 2.27. The maximum absolute atomic E-state index is 13.1. The van der Waals surface area contributed by atoms with Crippen molar-refractivity contribution in [3.8, 4) is 5.75 Å². The number of benzene rings is 2. The highest BCUT2D eigenvalue weighted by molar-refractivity contribution is 7.89. The number of hydrogen-bond donors (Lipinski definition) is 1. The fraction of sp³-hybridized carbons (Fsp3) is 0.316. The van der Waals surface area contributed by atoms with Crippen LogP contribution < -0.4 is 14.4 Å². The van der Waals surface area contributed by atoms with Crippen LogP contribution in [0.25, 0.3) is 0 Å². The van der Waals surface area contributed by atoms with E-state index in [-0.39, 0.29) is 16.6 Å². The second-order valence-corrected chi connectivity index (χ2v) is 8.09. The Morgan fingerprint density at radius 1 is 1.19 bits per heavy atom. The number of amides is 1. The molecule has 1 aliphatic heterocycles. The predicted octanol–water partition coefficient (Wildman–Crippen LogP) is 3.00. The standard InChI is InChI=1S/C19H21FN2O4S/c1-13(14-5-7-15(20)8-6-14)21-27(24,25)16-9-10-18(26-2)17(12-16)22-11-3-4-19(22)23/h5-10,12-13,21H,3-4,11H2,1-2H3. The summed E-state index contributed by atoms with van der Waals surface area (Å²) in [7, 11) is -2.37. The van der Waals surface area contributed by atoms with Gasteiger partial charge in [0.2, 0.25) is 15.9 Å². The first-order valence-electron chi connectivity index (χ1n) is 8.58. The van der Waals surface area contributed by atoms with Crippen LogP contribution in [-0.4, -0.2) is 28.0 Å². The minimum absolute atomic E-state index is 0.0342. The smallest absolute Gasteiger partial charge is 0.241 e. The summed E-state index contributed by atoms with van der Waals surface area (Å²) in [6.45, 7) is 2.21. The van der Waals surface area contributed by atoms with Crippen LogP contribution in [0.1, 0.15) is 31.4 Å². The Morgan fingerprint density at radius 2 is 1.89 bits per heavy atom. The van der Waals surface area contributed by atoms with Crippen LogP contribution in [0.5, 0.6) is 5.75 Å². The van der Waals surface area contributed by atoms with E-state index in [2.05, 4.69) is 4.72 Å². The van der Waals surface area contributed by atoms with E-state index in [1.807, 2.05) is 0 Å². The van der Waals surface area contributed by atoms with E-state index in [0.29, 0.717) is 30.0 Å². The Balaban J connectivity index is 1.89. The van der Waals surface area contributed by atoms with Crippen LogP contribution in [0, 0.1) is 5.82 Å². The molecule has 0 bridgehead atoms. The Kier molecular flexibility index (Phi) is 5.48. The summed E-state index contributed by atoms with van der Waals surface area (Å²) in [5.41, 5.74) is 1.08. The van der Waals surface area contributed by atoms with Crippen LogP contribution in [0.3, 0.4) is 0 Å². The third-order valence-electron chi connectivity index (χ3n) is 4.53. The molecule has 0 radical (unpaired) electrons. The molecule has 0 spiro atoms. The molecule has 1 amide bonds. The molecule has 0 saturated carbocycles. The second-order valence-electron chi connectivity index (χ2n) is 6.38. The molecular weight excluding hydrogens is 371 g/mol. The van der Waals surface area contributed by atoms with Gasteiger partial charge in [0.1, 0.15) is 11.6 Å². The molecule has 1 heterocycles. The van der Waals surface area contributed by atoms with Crippen molar-refractivity contribution < 1.29 is 22.3 Å². The molecule has 0 aromatic heterocycles. The van der Waals surface area contributed by atoms with Gasteiger partial charge in [-0.15, -0.1) is 0 Å². The fourth-order valence-electron chi connectivity index (χ4n) is 3.07. The summed E-state index contributed by atoms with van der Waals surface area (Å²) in [6, 6.07) is 9.50. The van der Waals surface area contributed by atoms with Crippen LogP contribution >= 0.6 is 0 Å². The van der Waals surface area contributed by atoms with Crippen LogP contribution in [0.15, 0.2) is 47.4 Å². The predicted molar refractivity (Wildman–Crippen MR) is 99.7 cm³/mol. The molecule has 3 rings (SSSR count). The summed E-state index contributed by atoms with van der Waals surface area (Å²) in [5.74, 6) is -0.00449. The molecule has 2 aromatic carbocycles. The van der Waals surface area contributed by atoms with Crippen molar-refractivity contribution in [2.75, 3.05) is 18.6 Å². The number of halogens is 1. The van der Waals surface area contributed by atoms with Gasteiger partial charge in [-0.05, 0) is 49.2 Å². The molecule has 1 atom stereocenters. The van der Waals surface area contributed by atoms with Crippen molar-refractivity contribution in [3.05, 3.63) is 53.8 Å². The SMILES string of the molecule is COc1ccc(S(=O)(=O)NC(C)c2ccc(F)cc2)cc1N1CCCC1=O. The number of rotatable bonds is 6. The minimum atomic E-state index is -3.85. The fourth-order valence-corrected chi connectivity index (χ4v) is 4.32. The number of carbonyl (C=O) groups excluding carboxylic acids is 1. The van der Waals surface area contributed by atoms with Gasteiger partial charge in [-0.1, -0.05) is 12.1 Å². The molecule has 1 fully saturated rings. The molecule has 0 aliphatic carbocycles. The Labute approximate surface area is 158 Å². The van der Waals surface area contributed by atoms with Gasteiger partial charge >= 0.3 is 0 Å². The number of anilines is 1. The van der Waals surface area contributed by atoms with E-state index in [1.165, 1.54) is 49.6 Å². The number of ether oxygens (including phenoxy) is 1. The van der Waals surface area contributed by atoms with Crippen molar-refractivity contribution in [2.24, 2.45) is 0 Å². The van der Waals surface area contributed by atoms with Crippen LogP contribution in [-0.2, 0) is 14.8 Å². The summed E-state index contributed by atoms with van der Waals surface area (Å²) >= 11 is 0. The number of nitrogens with zero attached hydrogens (tertiary/aromatic N) is 1. The van der Waals surface area contributed by atoms with Crippen molar-refractivity contribution in [1.82, 2.24) is 4.72 Å². The molecule has 1 saturated heterocycles. The number of carbonyl (C=O) groups is 1. The minimum Gasteiger partial charge on any atom is -0.495 e. The van der Waals surface area contributed by atoms with Gasteiger partial charge in [-0.2, -0.15) is 0 Å². The molecule has 1 unspecified atom stereocenters. The van der Waals surface area contributed by atoms with Gasteiger partial charge in [0.05, 0.1) is 17.7 Å². The Hall–Kier alpha value is -2.45. The van der Waals surface area contributed by atoms with Crippen LogP contribution in [0.4, 0.5) is 10.1 Å². The number of sulfonamides is 1. The van der Waals surface area contributed by atoms with Crippen molar-refractivity contribution in [2.45, 2.75) is 30.7 Å². The van der Waals surface area contributed by atoms with E-state index in [1.54, 1.807) is 11.8 Å². The van der Waals surface area contributed by atoms with Gasteiger partial charge in [0.15, 0.2) is 0 Å². The first-order chi connectivity index (χ1) is 12.8. The van der Waals surface area contributed by atoms with Crippen LogP contribution in [0.2, 0.25) is 0 Å². The average molecular weight is 392 g/mol. The summed E-state index contributed by atoms with van der Waals surface area (Å²) < 4.78 is 46.5. The molecule has 144 valence electrons. The lowest BCUT2D eigenvalue weighted by molar-refractivity contribution is -0.117. The number of methoxy groups -OCH3 is 1. The first kappa shape index (κ1) is 19.3. The van der Waals surface area contributed by atoms with Gasteiger partial charge in [0, 0.05) is 19.0 Å². The van der Waals surface area contributed by atoms with Crippen molar-refractivity contribution in [3.63, 3.8) is 0 Å². The monoisotopic (exact) mass is 392 g/mol. The first-order valence-corrected chi connectivity index (χ1v) is 10.1. The molecule has 1 N–H and O–H groups in total. The maximum atomic E-state index is 13.1. The van der Waals surface area contributed by atoms with Gasteiger partial charge in [-0.25, -0.2) is 17.5 Å². The zero-order valence-corrected chi connectivity index (χ0v) is 15.9. The number of hydrogen-bond acceptors (Lipinski definition) is 4. The highest BCUT2D eigenvalue weighted by Crippen LogP contribution is 2.34. The Bertz CT molecular complexity index is 945. The van der Waals surface area contributed by atoms with Crippen molar-refractivity contribution >= 4 is 21.6 Å². The molecule has 1 aliphatic rings. The Morgan fingerprint density at radius 3 is 2.48 bits per heavy atom. The largest absolute Gasteiger partial charge is 0.495 e. The van der Waals surface area contributed by atoms with E-state index in [0.717, 1.165) is 6.42 Å². The number of nitrogens with one attached hydrogen (secondary N) is 1. The third-order valence-corrected chi connectivity index (χ3v) is 6.07. The van der Waals surface area contributed by atoms with Gasteiger partial charge in [0.25, 0.3) is 0 Å². The molecule has 2 aromatic rings. The van der Waals surface area contributed by atoms with E-state index in [4.69, 9.17) is 4.74 Å². The summed E-state index contributed by atoms with van der Waals surface area (Å²) in [4.78, 5) is 13.6.